The van der Waals surface area contributed by atoms with Crippen LogP contribution in [0.15, 0.2) is 42.9 Å². The number of nitrogens with one attached hydrogen (secondary N) is 1. The standard InChI is InChI=1S/C14H21N3S.C5H5N.C5H13N.C2H6/c1-4-6-7-8-17(5-2)14-9-13-12(10-15-14)16-11(3)18-13;1-2-4-6-5-3-1;1-3-4-5-6-2;1-2/h9-10H,4-8H2,1-3H3;1-5H;6H,3-5H2,1-2H3;1-2H3. The van der Waals surface area contributed by atoms with E-state index < -0.39 is 0 Å². The summed E-state index contributed by atoms with van der Waals surface area (Å²) in [6, 6.07) is 7.89. The van der Waals surface area contributed by atoms with Crippen molar-refractivity contribution in [1.82, 2.24) is 20.3 Å². The highest BCUT2D eigenvalue weighted by atomic mass is 32.1. The lowest BCUT2D eigenvalue weighted by molar-refractivity contribution is 0.680. The summed E-state index contributed by atoms with van der Waals surface area (Å²) in [7, 11) is 1.98. The Morgan fingerprint density at radius 3 is 2.12 bits per heavy atom. The largest absolute Gasteiger partial charge is 0.357 e. The molecule has 6 heteroatoms. The van der Waals surface area contributed by atoms with E-state index in [1.807, 2.05) is 52.2 Å². The van der Waals surface area contributed by atoms with E-state index in [-0.39, 0.29) is 0 Å². The van der Waals surface area contributed by atoms with Gasteiger partial charge in [-0.25, -0.2) is 9.97 Å². The minimum atomic E-state index is 1.01. The van der Waals surface area contributed by atoms with Gasteiger partial charge in [-0.2, -0.15) is 0 Å². The molecule has 5 nitrogen and oxygen atoms in total. The summed E-state index contributed by atoms with van der Waals surface area (Å²) >= 11 is 1.74. The summed E-state index contributed by atoms with van der Waals surface area (Å²) in [5.74, 6) is 1.09. The Labute approximate surface area is 200 Å². The van der Waals surface area contributed by atoms with Gasteiger partial charge >= 0.3 is 0 Å². The van der Waals surface area contributed by atoms with Gasteiger partial charge in [0, 0.05) is 31.5 Å². The predicted octanol–water partition coefficient (Wildman–Crippen LogP) is 7.13. The average molecular weight is 460 g/mol. The smallest absolute Gasteiger partial charge is 0.130 e. The Morgan fingerprint density at radius 1 is 0.969 bits per heavy atom. The van der Waals surface area contributed by atoms with E-state index in [2.05, 4.69) is 52.0 Å². The lowest BCUT2D eigenvalue weighted by Crippen LogP contribution is -2.24. The van der Waals surface area contributed by atoms with E-state index in [1.54, 1.807) is 23.7 Å². The second-order valence-electron chi connectivity index (χ2n) is 7.01. The van der Waals surface area contributed by atoms with Crippen LogP contribution in [-0.2, 0) is 0 Å². The Bertz CT molecular complexity index is 746. The molecule has 3 aromatic heterocycles. The van der Waals surface area contributed by atoms with Crippen LogP contribution in [0.25, 0.3) is 10.2 Å². The van der Waals surface area contributed by atoms with Gasteiger partial charge in [-0.3, -0.25) is 4.98 Å². The molecule has 0 bridgehead atoms. The molecule has 0 aliphatic carbocycles. The summed E-state index contributed by atoms with van der Waals surface area (Å²) in [5.41, 5.74) is 1.02. The first-order chi connectivity index (χ1) is 15.7. The van der Waals surface area contributed by atoms with E-state index in [1.165, 1.54) is 36.8 Å². The van der Waals surface area contributed by atoms with Crippen LogP contribution < -0.4 is 10.2 Å². The fraction of sp³-hybridized carbons (Fsp3) is 0.577. The zero-order valence-electron chi connectivity index (χ0n) is 21.4. The molecule has 3 aromatic rings. The van der Waals surface area contributed by atoms with Crippen LogP contribution in [0.2, 0.25) is 0 Å². The zero-order chi connectivity index (χ0) is 24.0. The molecule has 0 saturated heterocycles. The molecular weight excluding hydrogens is 414 g/mol. The van der Waals surface area contributed by atoms with Crippen LogP contribution in [0.1, 0.15) is 71.7 Å². The number of unbranched alkanes of at least 4 members (excludes halogenated alkanes) is 3. The molecule has 0 aromatic carbocycles. The maximum absolute atomic E-state index is 4.54. The molecule has 0 unspecified atom stereocenters. The molecule has 0 amide bonds. The highest BCUT2D eigenvalue weighted by Gasteiger charge is 2.08. The molecule has 0 atom stereocenters. The summed E-state index contributed by atoms with van der Waals surface area (Å²) in [6.07, 6.45) is 11.8. The lowest BCUT2D eigenvalue weighted by atomic mass is 10.2. The van der Waals surface area contributed by atoms with Gasteiger partial charge in [-0.1, -0.05) is 53.0 Å². The quantitative estimate of drug-likeness (QED) is 0.345. The first-order valence-corrected chi connectivity index (χ1v) is 13.0. The van der Waals surface area contributed by atoms with Gasteiger partial charge in [0.25, 0.3) is 0 Å². The Balaban J connectivity index is 0.000000562. The monoisotopic (exact) mass is 459 g/mol. The highest BCUT2D eigenvalue weighted by Crippen LogP contribution is 2.24. The van der Waals surface area contributed by atoms with Crippen LogP contribution in [0, 0.1) is 6.92 Å². The van der Waals surface area contributed by atoms with E-state index in [0.717, 1.165) is 36.0 Å². The number of pyridine rings is 2. The SMILES string of the molecule is CC.CCCCCN(CC)c1cc2sc(C)nc2cn1.CCCCNC.c1ccncc1. The molecular formula is C26H45N5S. The van der Waals surface area contributed by atoms with Gasteiger partial charge in [0.1, 0.15) is 5.82 Å². The number of aromatic nitrogens is 3. The number of thiazole rings is 1. The van der Waals surface area contributed by atoms with Crippen LogP contribution in [-0.4, -0.2) is 41.6 Å². The molecule has 32 heavy (non-hydrogen) atoms. The molecule has 0 fully saturated rings. The van der Waals surface area contributed by atoms with Gasteiger partial charge in [0.15, 0.2) is 0 Å². The van der Waals surface area contributed by atoms with Crippen molar-refractivity contribution in [3.8, 4) is 0 Å². The van der Waals surface area contributed by atoms with Crippen molar-refractivity contribution in [3.05, 3.63) is 47.9 Å². The van der Waals surface area contributed by atoms with E-state index in [9.17, 15) is 0 Å². The number of aryl methyl sites for hydroxylation is 1. The average Bonchev–Trinajstić information content (AvgIpc) is 3.23. The third-order valence-corrected chi connectivity index (χ3v) is 5.39. The zero-order valence-corrected chi connectivity index (χ0v) is 22.2. The second-order valence-corrected chi connectivity index (χ2v) is 8.25. The molecule has 0 spiro atoms. The van der Waals surface area contributed by atoms with E-state index in [4.69, 9.17) is 0 Å². The third kappa shape index (κ3) is 13.4. The fourth-order valence-electron chi connectivity index (χ4n) is 2.76. The first-order valence-electron chi connectivity index (χ1n) is 12.1. The number of rotatable bonds is 9. The molecule has 0 aliphatic heterocycles. The molecule has 0 aliphatic rings. The number of nitrogens with zero attached hydrogens (tertiary/aromatic N) is 4. The van der Waals surface area contributed by atoms with Crippen molar-refractivity contribution >= 4 is 27.4 Å². The lowest BCUT2D eigenvalue weighted by Gasteiger charge is -2.21. The molecule has 3 heterocycles. The van der Waals surface area contributed by atoms with Crippen LogP contribution in [0.5, 0.6) is 0 Å². The first kappa shape index (κ1) is 29.9. The summed E-state index contributed by atoms with van der Waals surface area (Å²) in [5, 5.41) is 4.18. The summed E-state index contributed by atoms with van der Waals surface area (Å²) in [6.45, 7) is 15.9. The Kier molecular flexibility index (Phi) is 19.5. The van der Waals surface area contributed by atoms with Crippen molar-refractivity contribution in [2.75, 3.05) is 31.6 Å². The van der Waals surface area contributed by atoms with Crippen LogP contribution >= 0.6 is 11.3 Å². The topological polar surface area (TPSA) is 53.9 Å². The molecule has 1 N–H and O–H groups in total. The van der Waals surface area contributed by atoms with Gasteiger partial charge in [-0.15, -0.1) is 11.3 Å². The van der Waals surface area contributed by atoms with Crippen molar-refractivity contribution in [2.24, 2.45) is 0 Å². The predicted molar refractivity (Wildman–Crippen MR) is 144 cm³/mol. The van der Waals surface area contributed by atoms with Gasteiger partial charge in [0.05, 0.1) is 21.4 Å². The molecule has 0 saturated carbocycles. The summed E-state index contributed by atoms with van der Waals surface area (Å²) in [4.78, 5) is 15.1. The third-order valence-electron chi connectivity index (χ3n) is 4.45. The fourth-order valence-corrected chi connectivity index (χ4v) is 3.59. The van der Waals surface area contributed by atoms with Crippen molar-refractivity contribution in [2.45, 2.75) is 73.6 Å². The molecule has 0 radical (unpaired) electrons. The maximum atomic E-state index is 4.54. The van der Waals surface area contributed by atoms with E-state index >= 15 is 0 Å². The minimum absolute atomic E-state index is 1.01. The minimum Gasteiger partial charge on any atom is -0.357 e. The Hall–Kier alpha value is -2.05. The molecule has 3 rings (SSSR count). The Morgan fingerprint density at radius 2 is 1.66 bits per heavy atom. The normalized spacial score (nSPS) is 9.59. The molecule has 180 valence electrons. The number of anilines is 1. The van der Waals surface area contributed by atoms with Crippen LogP contribution in [0.3, 0.4) is 0 Å². The summed E-state index contributed by atoms with van der Waals surface area (Å²) < 4.78 is 1.24. The second kappa shape index (κ2) is 20.8. The van der Waals surface area contributed by atoms with Gasteiger partial charge < -0.3 is 10.2 Å². The van der Waals surface area contributed by atoms with Crippen molar-refractivity contribution in [1.29, 1.82) is 0 Å². The van der Waals surface area contributed by atoms with Crippen molar-refractivity contribution in [3.63, 3.8) is 0 Å². The highest BCUT2D eigenvalue weighted by molar-refractivity contribution is 7.18. The number of hydrogen-bond acceptors (Lipinski definition) is 6. The maximum Gasteiger partial charge on any atom is 0.130 e. The van der Waals surface area contributed by atoms with Gasteiger partial charge in [-0.05, 0) is 52.4 Å². The number of hydrogen-bond donors (Lipinski definition) is 1. The van der Waals surface area contributed by atoms with E-state index in [0.29, 0.717) is 0 Å². The van der Waals surface area contributed by atoms with Gasteiger partial charge in [0.2, 0.25) is 0 Å². The number of fused-ring (bicyclic) bond motifs is 1. The van der Waals surface area contributed by atoms with Crippen LogP contribution in [0.4, 0.5) is 5.82 Å². The van der Waals surface area contributed by atoms with Crippen molar-refractivity contribution < 1.29 is 0 Å².